The average molecular weight is 458 g/mol. The first-order chi connectivity index (χ1) is 14.7. The van der Waals surface area contributed by atoms with Gasteiger partial charge in [0.25, 0.3) is 0 Å². The third-order valence-electron chi connectivity index (χ3n) is 5.68. The van der Waals surface area contributed by atoms with E-state index in [0.29, 0.717) is 26.2 Å². The van der Waals surface area contributed by atoms with Gasteiger partial charge in [-0.25, -0.2) is 13.4 Å². The lowest BCUT2D eigenvalue weighted by Crippen LogP contribution is -2.49. The molecule has 1 saturated heterocycles. The second kappa shape index (κ2) is 8.59. The third kappa shape index (κ3) is 4.75. The van der Waals surface area contributed by atoms with E-state index < -0.39 is 9.84 Å². The molecule has 31 heavy (non-hydrogen) atoms. The average Bonchev–Trinajstić information content (AvgIpc) is 3.17. The minimum absolute atomic E-state index is 0.00974. The smallest absolute Gasteiger partial charge is 0.223 e. The molecule has 1 aromatic heterocycles. The predicted molar refractivity (Wildman–Crippen MR) is 126 cm³/mol. The van der Waals surface area contributed by atoms with E-state index in [4.69, 9.17) is 4.98 Å². The van der Waals surface area contributed by atoms with E-state index in [0.717, 1.165) is 16.2 Å². The molecule has 0 atom stereocenters. The predicted octanol–water partition coefficient (Wildman–Crippen LogP) is 3.73. The molecule has 4 rings (SSSR count). The second-order valence-corrected chi connectivity index (χ2v) is 11.3. The first kappa shape index (κ1) is 21.8. The number of hydrogen-bond acceptors (Lipinski definition) is 6. The zero-order valence-corrected chi connectivity index (χ0v) is 19.7. The van der Waals surface area contributed by atoms with E-state index in [9.17, 15) is 13.2 Å². The van der Waals surface area contributed by atoms with Crippen LogP contribution in [0.1, 0.15) is 23.1 Å². The van der Waals surface area contributed by atoms with Gasteiger partial charge in [-0.05, 0) is 50.1 Å². The van der Waals surface area contributed by atoms with Crippen LogP contribution in [-0.2, 0) is 14.6 Å². The van der Waals surface area contributed by atoms with Gasteiger partial charge < -0.3 is 9.80 Å². The van der Waals surface area contributed by atoms with E-state index in [1.807, 2.05) is 6.92 Å². The highest BCUT2D eigenvalue weighted by Gasteiger charge is 2.25. The van der Waals surface area contributed by atoms with Crippen molar-refractivity contribution in [2.24, 2.45) is 0 Å². The van der Waals surface area contributed by atoms with Gasteiger partial charge in [-0.1, -0.05) is 35.1 Å². The Balaban J connectivity index is 1.35. The highest BCUT2D eigenvalue weighted by molar-refractivity contribution is 7.91. The minimum atomic E-state index is -3.45. The van der Waals surface area contributed by atoms with Gasteiger partial charge in [-0.2, -0.15) is 0 Å². The first-order valence-electron chi connectivity index (χ1n) is 10.4. The number of rotatable bonds is 5. The lowest BCUT2D eigenvalue weighted by atomic mass is 10.1. The van der Waals surface area contributed by atoms with Crippen molar-refractivity contribution in [3.8, 4) is 0 Å². The van der Waals surface area contributed by atoms with E-state index in [1.54, 1.807) is 40.5 Å². The molecule has 164 valence electrons. The Hall–Kier alpha value is -2.45. The molecule has 0 unspecified atom stereocenters. The first-order valence-corrected chi connectivity index (χ1v) is 12.9. The van der Waals surface area contributed by atoms with Gasteiger partial charge in [-0.15, -0.1) is 0 Å². The largest absolute Gasteiger partial charge is 0.345 e. The summed E-state index contributed by atoms with van der Waals surface area (Å²) in [5.74, 6) is -0.267. The van der Waals surface area contributed by atoms with Crippen molar-refractivity contribution >= 4 is 42.4 Å². The van der Waals surface area contributed by atoms with Crippen molar-refractivity contribution in [3.63, 3.8) is 0 Å². The van der Waals surface area contributed by atoms with Crippen LogP contribution in [0.3, 0.4) is 0 Å². The maximum Gasteiger partial charge on any atom is 0.223 e. The molecular weight excluding hydrogens is 430 g/mol. The van der Waals surface area contributed by atoms with Gasteiger partial charge in [0.15, 0.2) is 15.0 Å². The number of aromatic nitrogens is 1. The van der Waals surface area contributed by atoms with Crippen molar-refractivity contribution in [2.45, 2.75) is 32.1 Å². The molecule has 2 aromatic carbocycles. The van der Waals surface area contributed by atoms with Crippen LogP contribution < -0.4 is 4.90 Å². The molecule has 0 spiro atoms. The van der Waals surface area contributed by atoms with Crippen molar-refractivity contribution in [1.29, 1.82) is 0 Å². The van der Waals surface area contributed by atoms with Crippen molar-refractivity contribution in [2.75, 3.05) is 36.8 Å². The van der Waals surface area contributed by atoms with Crippen molar-refractivity contribution in [3.05, 3.63) is 53.1 Å². The summed E-state index contributed by atoms with van der Waals surface area (Å²) in [7, 11) is -3.45. The fourth-order valence-corrected chi connectivity index (χ4v) is 6.19. The number of aryl methyl sites for hydroxylation is 3. The maximum atomic E-state index is 12.6. The Labute approximate surface area is 187 Å². The Kier molecular flexibility index (Phi) is 6.03. The molecule has 8 heteroatoms. The van der Waals surface area contributed by atoms with Crippen LogP contribution in [0, 0.1) is 20.8 Å². The van der Waals surface area contributed by atoms with E-state index in [-0.39, 0.29) is 23.0 Å². The summed E-state index contributed by atoms with van der Waals surface area (Å²) >= 11 is 1.69. The molecule has 2 heterocycles. The van der Waals surface area contributed by atoms with Gasteiger partial charge >= 0.3 is 0 Å². The Bertz CT molecular complexity index is 1210. The van der Waals surface area contributed by atoms with Crippen LogP contribution in [-0.4, -0.2) is 56.1 Å². The Morgan fingerprint density at radius 3 is 2.35 bits per heavy atom. The number of carbonyl (C=O) groups is 1. The lowest BCUT2D eigenvalue weighted by molar-refractivity contribution is -0.131. The summed E-state index contributed by atoms with van der Waals surface area (Å²) in [5, 5.41) is 0.984. The molecule has 0 radical (unpaired) electrons. The zero-order valence-electron chi connectivity index (χ0n) is 18.1. The summed E-state index contributed by atoms with van der Waals surface area (Å²) in [4.78, 5) is 21.7. The van der Waals surface area contributed by atoms with Crippen LogP contribution >= 0.6 is 11.3 Å². The van der Waals surface area contributed by atoms with Gasteiger partial charge in [0.2, 0.25) is 5.91 Å². The van der Waals surface area contributed by atoms with Crippen molar-refractivity contribution < 1.29 is 13.2 Å². The lowest BCUT2D eigenvalue weighted by Gasteiger charge is -2.34. The number of hydrogen-bond donors (Lipinski definition) is 0. The molecule has 1 amide bonds. The van der Waals surface area contributed by atoms with Gasteiger partial charge in [0, 0.05) is 32.6 Å². The number of benzene rings is 2. The number of anilines is 1. The molecule has 3 aromatic rings. The summed E-state index contributed by atoms with van der Waals surface area (Å²) in [5.41, 5.74) is 4.48. The fraction of sp³-hybridized carbons (Fsp3) is 0.391. The fourth-order valence-electron chi connectivity index (χ4n) is 3.89. The quantitative estimate of drug-likeness (QED) is 0.584. The summed E-state index contributed by atoms with van der Waals surface area (Å²) in [6, 6.07) is 11.0. The summed E-state index contributed by atoms with van der Waals surface area (Å²) in [6.45, 7) is 8.67. The van der Waals surface area contributed by atoms with Crippen LogP contribution in [0.5, 0.6) is 0 Å². The van der Waals surface area contributed by atoms with Gasteiger partial charge in [-0.3, -0.25) is 4.79 Å². The van der Waals surface area contributed by atoms with Crippen LogP contribution in [0.4, 0.5) is 5.13 Å². The second-order valence-electron chi connectivity index (χ2n) is 8.18. The molecule has 0 aliphatic carbocycles. The maximum absolute atomic E-state index is 12.6. The number of sulfone groups is 1. The van der Waals surface area contributed by atoms with E-state index >= 15 is 0 Å². The summed E-state index contributed by atoms with van der Waals surface area (Å²) in [6.07, 6.45) is 0.00974. The topological polar surface area (TPSA) is 70.6 Å². The van der Waals surface area contributed by atoms with E-state index in [1.165, 1.54) is 15.8 Å². The van der Waals surface area contributed by atoms with Gasteiger partial charge in [0.1, 0.15) is 0 Å². The van der Waals surface area contributed by atoms with Crippen LogP contribution in [0.15, 0.2) is 41.3 Å². The van der Waals surface area contributed by atoms with E-state index in [2.05, 4.69) is 30.9 Å². The number of fused-ring (bicyclic) bond motifs is 1. The Morgan fingerprint density at radius 1 is 1.00 bits per heavy atom. The Morgan fingerprint density at radius 2 is 1.68 bits per heavy atom. The molecular formula is C23H27N3O3S2. The molecule has 1 fully saturated rings. The monoisotopic (exact) mass is 457 g/mol. The molecule has 0 N–H and O–H groups in total. The summed E-state index contributed by atoms with van der Waals surface area (Å²) < 4.78 is 26.2. The molecule has 1 aliphatic rings. The van der Waals surface area contributed by atoms with Crippen molar-refractivity contribution in [1.82, 2.24) is 9.88 Å². The highest BCUT2D eigenvalue weighted by Crippen LogP contribution is 2.32. The number of amides is 1. The molecule has 1 aliphatic heterocycles. The zero-order chi connectivity index (χ0) is 22.2. The van der Waals surface area contributed by atoms with Crippen LogP contribution in [0.25, 0.3) is 10.2 Å². The minimum Gasteiger partial charge on any atom is -0.345 e. The normalized spacial score (nSPS) is 14.9. The standard InChI is InChI=1S/C23H27N3O3S2/c1-16-4-6-19(7-5-16)31(28,29)13-8-21(27)25-9-11-26(12-10-25)23-24-20-15-17(2)14-18(3)22(20)30-23/h4-7,14-15H,8-13H2,1-3H3. The number of nitrogens with zero attached hydrogens (tertiary/aromatic N) is 3. The molecule has 6 nitrogen and oxygen atoms in total. The SMILES string of the molecule is Cc1ccc(S(=O)(=O)CCC(=O)N2CCN(c3nc4cc(C)cc(C)c4s3)CC2)cc1. The molecule has 0 saturated carbocycles. The number of thiazole rings is 1. The number of carbonyl (C=O) groups excluding carboxylic acids is 1. The van der Waals surface area contributed by atoms with Crippen LogP contribution in [0.2, 0.25) is 0 Å². The molecule has 0 bridgehead atoms. The highest BCUT2D eigenvalue weighted by atomic mass is 32.2. The third-order valence-corrected chi connectivity index (χ3v) is 8.68. The number of piperazine rings is 1. The van der Waals surface area contributed by atoms with Gasteiger partial charge in [0.05, 0.1) is 20.9 Å².